The molecule has 0 spiro atoms. The summed E-state index contributed by atoms with van der Waals surface area (Å²) in [4.78, 5) is 19.6. The number of rotatable bonds is 8. The van der Waals surface area contributed by atoms with Crippen LogP contribution in [0, 0.1) is 18.6 Å². The number of carbonyl (C=O) groups is 1. The number of amides is 2. The third-order valence-corrected chi connectivity index (χ3v) is 7.54. The van der Waals surface area contributed by atoms with E-state index in [1.807, 2.05) is 67.2 Å². The number of anilines is 1. The van der Waals surface area contributed by atoms with E-state index < -0.39 is 29.8 Å². The van der Waals surface area contributed by atoms with E-state index in [1.54, 1.807) is 23.1 Å². The Bertz CT molecular complexity index is 1770. The summed E-state index contributed by atoms with van der Waals surface area (Å²) in [5, 5.41) is 17.8. The molecule has 5 aromatic rings. The summed E-state index contributed by atoms with van der Waals surface area (Å²) >= 11 is 0. The second-order valence-electron chi connectivity index (χ2n) is 10.4. The highest BCUT2D eigenvalue weighted by Gasteiger charge is 2.37. The van der Waals surface area contributed by atoms with Gasteiger partial charge in [0.05, 0.1) is 35.7 Å². The van der Waals surface area contributed by atoms with Crippen LogP contribution in [0.25, 0.3) is 27.8 Å². The number of aromatic nitrogens is 4. The monoisotopic (exact) mass is 587 g/mol. The van der Waals surface area contributed by atoms with Crippen molar-refractivity contribution in [3.8, 4) is 16.9 Å². The maximum atomic E-state index is 14.1. The first-order chi connectivity index (χ1) is 20.8. The summed E-state index contributed by atoms with van der Waals surface area (Å²) in [6.45, 7) is 3.04. The Balaban J connectivity index is 1.30. The van der Waals surface area contributed by atoms with Crippen molar-refractivity contribution in [1.82, 2.24) is 29.9 Å². The van der Waals surface area contributed by atoms with Gasteiger partial charge in [0.15, 0.2) is 11.6 Å². The number of nitrogens with one attached hydrogen (secondary N) is 2. The molecule has 3 heterocycles. The Hall–Kier alpha value is -4.65. The van der Waals surface area contributed by atoms with E-state index in [0.717, 1.165) is 39.8 Å². The largest absolute Gasteiger partial charge is 0.383 e. The number of carbonyl (C=O) groups excluding carboxylic acids is 1. The average Bonchev–Trinajstić information content (AvgIpc) is 3.69. The summed E-state index contributed by atoms with van der Waals surface area (Å²) in [6.07, 6.45) is 1.07. The molecule has 1 saturated heterocycles. The van der Waals surface area contributed by atoms with Gasteiger partial charge >= 0.3 is 6.03 Å². The lowest BCUT2D eigenvalue weighted by Crippen LogP contribution is -2.42. The number of para-hydroxylation sites is 1. The highest BCUT2D eigenvalue weighted by Crippen LogP contribution is 2.33. The van der Waals surface area contributed by atoms with Crippen molar-refractivity contribution in [2.24, 2.45) is 7.05 Å². The molecule has 2 atom stereocenters. The quantitative estimate of drug-likeness (QED) is 0.261. The molecule has 0 radical (unpaired) electrons. The number of hydroxylamine groups is 2. The van der Waals surface area contributed by atoms with Crippen molar-refractivity contribution < 1.29 is 23.1 Å². The second-order valence-corrected chi connectivity index (χ2v) is 10.4. The van der Waals surface area contributed by atoms with Gasteiger partial charge in [-0.25, -0.2) is 18.3 Å². The number of ether oxygens (including phenoxy) is 1. The molecule has 1 fully saturated rings. The van der Waals surface area contributed by atoms with E-state index in [-0.39, 0.29) is 0 Å². The van der Waals surface area contributed by atoms with Crippen molar-refractivity contribution in [3.05, 3.63) is 95.7 Å². The van der Waals surface area contributed by atoms with E-state index in [2.05, 4.69) is 15.7 Å². The van der Waals surface area contributed by atoms with Crippen LogP contribution < -0.4 is 10.6 Å². The molecule has 6 rings (SSSR count). The topological polar surface area (TPSA) is 98.5 Å². The zero-order chi connectivity index (χ0) is 30.1. The third-order valence-electron chi connectivity index (χ3n) is 7.54. The number of urea groups is 1. The van der Waals surface area contributed by atoms with E-state index in [1.165, 1.54) is 6.07 Å². The first-order valence-corrected chi connectivity index (χ1v) is 13.8. The van der Waals surface area contributed by atoms with Crippen LogP contribution in [0.5, 0.6) is 0 Å². The van der Waals surface area contributed by atoms with Gasteiger partial charge in [-0.05, 0) is 48.9 Å². The molecule has 10 nitrogen and oxygen atoms in total. The van der Waals surface area contributed by atoms with Crippen LogP contribution in [-0.4, -0.2) is 63.5 Å². The number of nitrogens with zero attached hydrogens (tertiary/aromatic N) is 5. The standard InChI is InChI=1S/C31H31F2N7O3/c1-19-28(20-10-12-27-22(15-20)17-34-38(27)2)37-40(23-7-5-4-6-8-23)30(19)36-31(41)35-26-18-39(13-14-42-3)43-29(26)21-9-11-24(32)25(33)16-21/h4-12,15-17,26,29H,13-14,18H2,1-3H3,(H2,35,36,41)/t26-,29+/m1/s1. The summed E-state index contributed by atoms with van der Waals surface area (Å²) in [5.74, 6) is -1.45. The Labute approximate surface area is 246 Å². The van der Waals surface area contributed by atoms with Crippen LogP contribution in [0.4, 0.5) is 19.4 Å². The number of benzene rings is 3. The Morgan fingerprint density at radius 3 is 2.67 bits per heavy atom. The zero-order valence-corrected chi connectivity index (χ0v) is 23.9. The van der Waals surface area contributed by atoms with Crippen LogP contribution in [0.1, 0.15) is 17.2 Å². The smallest absolute Gasteiger partial charge is 0.320 e. The molecular formula is C31H31F2N7O3. The van der Waals surface area contributed by atoms with Gasteiger partial charge in [-0.3, -0.25) is 14.8 Å². The fourth-order valence-electron chi connectivity index (χ4n) is 5.33. The zero-order valence-electron chi connectivity index (χ0n) is 23.9. The minimum Gasteiger partial charge on any atom is -0.383 e. The summed E-state index contributed by atoms with van der Waals surface area (Å²) in [6, 6.07) is 18.0. The lowest BCUT2D eigenvalue weighted by atomic mass is 10.0. The predicted octanol–water partition coefficient (Wildman–Crippen LogP) is 5.14. The van der Waals surface area contributed by atoms with Gasteiger partial charge in [0.2, 0.25) is 0 Å². The van der Waals surface area contributed by atoms with E-state index in [4.69, 9.17) is 14.7 Å². The maximum Gasteiger partial charge on any atom is 0.320 e. The number of hydrogen-bond donors (Lipinski definition) is 2. The van der Waals surface area contributed by atoms with Gasteiger partial charge < -0.3 is 10.1 Å². The molecule has 12 heteroatoms. The van der Waals surface area contributed by atoms with Crippen molar-refractivity contribution in [1.29, 1.82) is 0 Å². The first-order valence-electron chi connectivity index (χ1n) is 13.8. The van der Waals surface area contributed by atoms with Crippen LogP contribution >= 0.6 is 0 Å². The normalized spacial score (nSPS) is 17.0. The highest BCUT2D eigenvalue weighted by atomic mass is 19.2. The number of aryl methyl sites for hydroxylation is 1. The molecular weight excluding hydrogens is 556 g/mol. The molecule has 2 amide bonds. The molecule has 222 valence electrons. The molecule has 1 aliphatic heterocycles. The molecule has 43 heavy (non-hydrogen) atoms. The van der Waals surface area contributed by atoms with Gasteiger partial charge in [-0.1, -0.05) is 30.3 Å². The minimum atomic E-state index is -0.987. The van der Waals surface area contributed by atoms with E-state index in [0.29, 0.717) is 36.8 Å². The summed E-state index contributed by atoms with van der Waals surface area (Å²) in [5.41, 5.74) is 4.53. The number of fused-ring (bicyclic) bond motifs is 1. The molecule has 2 N–H and O–H groups in total. The van der Waals surface area contributed by atoms with E-state index >= 15 is 0 Å². The number of methoxy groups -OCH3 is 1. The molecule has 0 aliphatic carbocycles. The Morgan fingerprint density at radius 1 is 1.09 bits per heavy atom. The first kappa shape index (κ1) is 28.5. The van der Waals surface area contributed by atoms with Gasteiger partial charge in [-0.2, -0.15) is 15.3 Å². The van der Waals surface area contributed by atoms with Crippen LogP contribution in [0.15, 0.2) is 72.9 Å². The van der Waals surface area contributed by atoms with Crippen molar-refractivity contribution >= 4 is 22.8 Å². The van der Waals surface area contributed by atoms with Gasteiger partial charge in [0.1, 0.15) is 11.9 Å². The van der Waals surface area contributed by atoms with Crippen molar-refractivity contribution in [2.75, 3.05) is 32.1 Å². The lowest BCUT2D eigenvalue weighted by Gasteiger charge is -2.20. The Morgan fingerprint density at radius 2 is 1.91 bits per heavy atom. The van der Waals surface area contributed by atoms with Crippen molar-refractivity contribution in [2.45, 2.75) is 19.1 Å². The van der Waals surface area contributed by atoms with Crippen LogP contribution in [-0.2, 0) is 16.6 Å². The third kappa shape index (κ3) is 5.72. The van der Waals surface area contributed by atoms with Crippen molar-refractivity contribution in [3.63, 3.8) is 0 Å². The second kappa shape index (κ2) is 11.9. The van der Waals surface area contributed by atoms with Gasteiger partial charge in [0.25, 0.3) is 0 Å². The summed E-state index contributed by atoms with van der Waals surface area (Å²) < 4.78 is 36.4. The molecule has 0 unspecified atom stereocenters. The van der Waals surface area contributed by atoms with Gasteiger partial charge in [-0.15, -0.1) is 0 Å². The van der Waals surface area contributed by atoms with E-state index in [9.17, 15) is 13.6 Å². The Kier molecular flexibility index (Phi) is 7.89. The molecule has 1 aliphatic rings. The predicted molar refractivity (Wildman–Crippen MR) is 158 cm³/mol. The summed E-state index contributed by atoms with van der Waals surface area (Å²) in [7, 11) is 3.47. The SMILES string of the molecule is COCCN1C[C@@H](NC(=O)Nc2c(C)c(-c3ccc4c(cnn4C)c3)nn2-c2ccccc2)[C@H](c2ccc(F)c(F)c2)O1. The van der Waals surface area contributed by atoms with Gasteiger partial charge in [0, 0.05) is 43.8 Å². The molecule has 3 aromatic carbocycles. The van der Waals surface area contributed by atoms with Crippen LogP contribution in [0.2, 0.25) is 0 Å². The highest BCUT2D eigenvalue weighted by molar-refractivity contribution is 5.92. The molecule has 2 aromatic heterocycles. The molecule has 0 saturated carbocycles. The number of hydrogen-bond acceptors (Lipinski definition) is 6. The fourth-order valence-corrected chi connectivity index (χ4v) is 5.33. The average molecular weight is 588 g/mol. The maximum absolute atomic E-state index is 14.1. The molecule has 0 bridgehead atoms. The lowest BCUT2D eigenvalue weighted by molar-refractivity contribution is -0.154. The minimum absolute atomic E-state index is 0.313. The van der Waals surface area contributed by atoms with Crippen LogP contribution in [0.3, 0.4) is 0 Å². The number of halogens is 2. The fraction of sp³-hybridized carbons (Fsp3) is 0.258.